The van der Waals surface area contributed by atoms with Crippen LogP contribution >= 0.6 is 22.9 Å². The van der Waals surface area contributed by atoms with Gasteiger partial charge in [0, 0.05) is 5.69 Å². The van der Waals surface area contributed by atoms with E-state index in [-0.39, 0.29) is 9.90 Å². The number of benzene rings is 1. The number of nitrogens with one attached hydrogen (secondary N) is 1. The SMILES string of the molecule is Cc1cc(S(=O)(=O)Nc2ccc(F)c(C(=O)O)c2)sc1Cl. The van der Waals surface area contributed by atoms with Gasteiger partial charge in [0.25, 0.3) is 10.0 Å². The molecule has 0 unspecified atom stereocenters. The number of carboxylic acid groups (broad SMARTS) is 1. The average Bonchev–Trinajstić information content (AvgIpc) is 2.72. The van der Waals surface area contributed by atoms with Crippen LogP contribution in [0.25, 0.3) is 0 Å². The molecule has 21 heavy (non-hydrogen) atoms. The third-order valence-corrected chi connectivity index (χ3v) is 5.96. The van der Waals surface area contributed by atoms with Crippen LogP contribution in [0.3, 0.4) is 0 Å². The zero-order chi connectivity index (χ0) is 15.8. The highest BCUT2D eigenvalue weighted by Gasteiger charge is 2.20. The van der Waals surface area contributed by atoms with Crippen LogP contribution in [-0.4, -0.2) is 19.5 Å². The Labute approximate surface area is 129 Å². The van der Waals surface area contributed by atoms with Crippen LogP contribution < -0.4 is 4.72 Å². The molecule has 1 aromatic carbocycles. The number of carbonyl (C=O) groups is 1. The molecule has 1 aromatic heterocycles. The molecule has 0 aliphatic carbocycles. The lowest BCUT2D eigenvalue weighted by Gasteiger charge is -2.07. The molecular weight excluding hydrogens is 341 g/mol. The summed E-state index contributed by atoms with van der Waals surface area (Å²) < 4.78 is 40.1. The quantitative estimate of drug-likeness (QED) is 0.886. The molecule has 2 rings (SSSR count). The topological polar surface area (TPSA) is 83.5 Å². The van der Waals surface area contributed by atoms with Crippen LogP contribution in [-0.2, 0) is 10.0 Å². The molecule has 0 radical (unpaired) electrons. The second-order valence-electron chi connectivity index (χ2n) is 4.13. The summed E-state index contributed by atoms with van der Waals surface area (Å²) in [5, 5.41) is 8.81. The molecule has 0 aliphatic heterocycles. The van der Waals surface area contributed by atoms with Crippen LogP contribution in [0.2, 0.25) is 4.34 Å². The number of aromatic carboxylic acids is 1. The lowest BCUT2D eigenvalue weighted by atomic mass is 10.2. The number of hydrogen-bond donors (Lipinski definition) is 2. The Hall–Kier alpha value is -1.64. The van der Waals surface area contributed by atoms with Crippen molar-refractivity contribution < 1.29 is 22.7 Å². The summed E-state index contributed by atoms with van der Waals surface area (Å²) in [5.74, 6) is -2.43. The van der Waals surface area contributed by atoms with Gasteiger partial charge in [-0.2, -0.15) is 0 Å². The normalized spacial score (nSPS) is 11.4. The molecule has 0 saturated heterocycles. The largest absolute Gasteiger partial charge is 0.478 e. The van der Waals surface area contributed by atoms with Gasteiger partial charge in [0.15, 0.2) is 0 Å². The Kier molecular flexibility index (Phi) is 4.22. The van der Waals surface area contributed by atoms with Crippen molar-refractivity contribution in [1.82, 2.24) is 0 Å². The Morgan fingerprint density at radius 2 is 2.05 bits per heavy atom. The molecule has 2 N–H and O–H groups in total. The zero-order valence-electron chi connectivity index (χ0n) is 10.6. The Balaban J connectivity index is 2.37. The molecule has 0 aliphatic rings. The lowest BCUT2D eigenvalue weighted by molar-refractivity contribution is 0.0692. The van der Waals surface area contributed by atoms with Crippen molar-refractivity contribution in [2.24, 2.45) is 0 Å². The van der Waals surface area contributed by atoms with E-state index in [1.807, 2.05) is 0 Å². The van der Waals surface area contributed by atoms with Crippen molar-refractivity contribution in [3.8, 4) is 0 Å². The number of carboxylic acids is 1. The van der Waals surface area contributed by atoms with Gasteiger partial charge >= 0.3 is 5.97 Å². The third-order valence-electron chi connectivity index (χ3n) is 2.55. The van der Waals surface area contributed by atoms with E-state index >= 15 is 0 Å². The average molecular weight is 350 g/mol. The molecular formula is C12H9ClFNO4S2. The smallest absolute Gasteiger partial charge is 0.338 e. The Morgan fingerprint density at radius 3 is 2.57 bits per heavy atom. The maximum absolute atomic E-state index is 13.3. The highest BCUT2D eigenvalue weighted by Crippen LogP contribution is 2.31. The number of sulfonamides is 1. The van der Waals surface area contributed by atoms with Crippen molar-refractivity contribution in [3.05, 3.63) is 45.5 Å². The number of halogens is 2. The second-order valence-corrected chi connectivity index (χ2v) is 7.69. The monoisotopic (exact) mass is 349 g/mol. The van der Waals surface area contributed by atoms with Crippen LogP contribution in [0.5, 0.6) is 0 Å². The summed E-state index contributed by atoms with van der Waals surface area (Å²) in [6.45, 7) is 1.66. The molecule has 1 heterocycles. The zero-order valence-corrected chi connectivity index (χ0v) is 12.9. The van der Waals surface area contributed by atoms with Gasteiger partial charge in [-0.15, -0.1) is 11.3 Å². The first-order valence-electron chi connectivity index (χ1n) is 5.52. The molecule has 0 atom stereocenters. The van der Waals surface area contributed by atoms with E-state index in [0.29, 0.717) is 9.90 Å². The maximum atomic E-state index is 13.3. The summed E-state index contributed by atoms with van der Waals surface area (Å²) in [6, 6.07) is 4.34. The summed E-state index contributed by atoms with van der Waals surface area (Å²) in [5.41, 5.74) is -0.0426. The predicted octanol–water partition coefficient (Wildman–Crippen LogP) is 3.35. The van der Waals surface area contributed by atoms with E-state index in [1.165, 1.54) is 6.07 Å². The first-order valence-corrected chi connectivity index (χ1v) is 8.20. The molecule has 9 heteroatoms. The number of thiophene rings is 1. The number of hydrogen-bond acceptors (Lipinski definition) is 4. The molecule has 112 valence electrons. The molecule has 0 fully saturated rings. The minimum atomic E-state index is -3.90. The minimum absolute atomic E-state index is 0.00815. The molecule has 0 saturated carbocycles. The van der Waals surface area contributed by atoms with Crippen molar-refractivity contribution >= 4 is 44.6 Å². The lowest BCUT2D eigenvalue weighted by Crippen LogP contribution is -2.12. The van der Waals surface area contributed by atoms with Crippen molar-refractivity contribution in [2.75, 3.05) is 4.72 Å². The van der Waals surface area contributed by atoms with E-state index in [4.69, 9.17) is 16.7 Å². The van der Waals surface area contributed by atoms with Crippen LogP contribution in [0.4, 0.5) is 10.1 Å². The fourth-order valence-electron chi connectivity index (χ4n) is 1.52. The summed E-state index contributed by atoms with van der Waals surface area (Å²) in [6.07, 6.45) is 0. The first kappa shape index (κ1) is 15.7. The van der Waals surface area contributed by atoms with Crippen molar-refractivity contribution in [2.45, 2.75) is 11.1 Å². The van der Waals surface area contributed by atoms with E-state index in [1.54, 1.807) is 6.92 Å². The predicted molar refractivity (Wildman–Crippen MR) is 78.2 cm³/mol. The fraction of sp³-hybridized carbons (Fsp3) is 0.0833. The highest BCUT2D eigenvalue weighted by molar-refractivity contribution is 7.94. The van der Waals surface area contributed by atoms with Gasteiger partial charge in [0.2, 0.25) is 0 Å². The first-order chi connectivity index (χ1) is 9.70. The molecule has 0 spiro atoms. The van der Waals surface area contributed by atoms with Gasteiger partial charge in [-0.1, -0.05) is 11.6 Å². The minimum Gasteiger partial charge on any atom is -0.478 e. The Bertz CT molecular complexity index is 797. The van der Waals surface area contributed by atoms with Crippen molar-refractivity contribution in [1.29, 1.82) is 0 Å². The maximum Gasteiger partial charge on any atom is 0.338 e. The van der Waals surface area contributed by atoms with E-state index in [2.05, 4.69) is 4.72 Å². The summed E-state index contributed by atoms with van der Waals surface area (Å²) in [4.78, 5) is 10.8. The van der Waals surface area contributed by atoms with Gasteiger partial charge in [-0.25, -0.2) is 17.6 Å². The number of aryl methyl sites for hydroxylation is 1. The van der Waals surface area contributed by atoms with Gasteiger partial charge in [-0.3, -0.25) is 4.72 Å². The van der Waals surface area contributed by atoms with Crippen LogP contribution in [0.15, 0.2) is 28.5 Å². The van der Waals surface area contributed by atoms with Crippen molar-refractivity contribution in [3.63, 3.8) is 0 Å². The van der Waals surface area contributed by atoms with Gasteiger partial charge in [0.05, 0.1) is 9.90 Å². The molecule has 0 bridgehead atoms. The van der Waals surface area contributed by atoms with Crippen LogP contribution in [0, 0.1) is 12.7 Å². The number of rotatable bonds is 4. The van der Waals surface area contributed by atoms with E-state index in [0.717, 1.165) is 29.5 Å². The Morgan fingerprint density at radius 1 is 1.38 bits per heavy atom. The summed E-state index contributed by atoms with van der Waals surface area (Å²) in [7, 11) is -3.90. The molecule has 2 aromatic rings. The van der Waals surface area contributed by atoms with Crippen LogP contribution in [0.1, 0.15) is 15.9 Å². The van der Waals surface area contributed by atoms with E-state index in [9.17, 15) is 17.6 Å². The summed E-state index contributed by atoms with van der Waals surface area (Å²) >= 11 is 6.70. The van der Waals surface area contributed by atoms with Gasteiger partial charge < -0.3 is 5.11 Å². The highest BCUT2D eigenvalue weighted by atomic mass is 35.5. The molecule has 5 nitrogen and oxygen atoms in total. The van der Waals surface area contributed by atoms with Gasteiger partial charge in [0.1, 0.15) is 10.0 Å². The molecule has 0 amide bonds. The number of anilines is 1. The third kappa shape index (κ3) is 3.34. The standard InChI is InChI=1S/C12H9ClFNO4S2/c1-6-4-10(20-11(6)13)21(18,19)15-7-2-3-9(14)8(5-7)12(16)17/h2-5,15H,1H3,(H,16,17). The fourth-order valence-corrected chi connectivity index (χ4v) is 4.28. The second kappa shape index (κ2) is 5.63. The van der Waals surface area contributed by atoms with E-state index < -0.39 is 27.4 Å². The van der Waals surface area contributed by atoms with Gasteiger partial charge in [-0.05, 0) is 36.8 Å².